The minimum atomic E-state index is -0.799. The topological polar surface area (TPSA) is 56.3 Å². The molecule has 1 rings (SSSR count). The van der Waals surface area contributed by atoms with Crippen molar-refractivity contribution in [3.8, 4) is 0 Å². The number of ether oxygens (including phenoxy) is 1. The minimum absolute atomic E-state index is 0.214. The summed E-state index contributed by atoms with van der Waals surface area (Å²) in [6.45, 7) is 8.88. The quantitative estimate of drug-likeness (QED) is 0.476. The second-order valence-electron chi connectivity index (χ2n) is 5.51. The van der Waals surface area contributed by atoms with Gasteiger partial charge in [0.15, 0.2) is 5.78 Å². The maximum atomic E-state index is 12.3. The third kappa shape index (κ3) is 4.16. The summed E-state index contributed by atoms with van der Waals surface area (Å²) in [6, 6.07) is 1.65. The van der Waals surface area contributed by atoms with Crippen molar-refractivity contribution in [1.29, 1.82) is 0 Å². The highest BCUT2D eigenvalue weighted by Crippen LogP contribution is 2.17. The molecule has 0 aliphatic rings. The molecule has 0 N–H and O–H groups in total. The Morgan fingerprint density at radius 3 is 2.53 bits per heavy atom. The van der Waals surface area contributed by atoms with Gasteiger partial charge in [0.1, 0.15) is 11.5 Å². The fourth-order valence-corrected chi connectivity index (χ4v) is 1.68. The normalized spacial score (nSPS) is 12.9. The first kappa shape index (κ1) is 15.3. The van der Waals surface area contributed by atoms with Crippen molar-refractivity contribution in [2.45, 2.75) is 46.6 Å². The lowest BCUT2D eigenvalue weighted by atomic mass is 9.95. The summed E-state index contributed by atoms with van der Waals surface area (Å²) in [6.07, 6.45) is 3.93. The second kappa shape index (κ2) is 5.95. The smallest absolute Gasteiger partial charge is 0.317 e. The van der Waals surface area contributed by atoms with E-state index in [1.807, 2.05) is 6.92 Å². The zero-order chi connectivity index (χ0) is 14.6. The number of rotatable bonds is 4. The van der Waals surface area contributed by atoms with Gasteiger partial charge in [-0.15, -0.1) is 0 Å². The Balaban J connectivity index is 2.91. The average Bonchev–Trinajstić information content (AvgIpc) is 2.34. The number of nitrogens with zero attached hydrogens (tertiary/aromatic N) is 1. The zero-order valence-corrected chi connectivity index (χ0v) is 12.2. The van der Waals surface area contributed by atoms with E-state index in [0.717, 1.165) is 5.56 Å². The van der Waals surface area contributed by atoms with E-state index in [9.17, 15) is 9.59 Å². The average molecular weight is 263 g/mol. The van der Waals surface area contributed by atoms with Crippen LogP contribution in [0.5, 0.6) is 0 Å². The predicted octanol–water partition coefficient (Wildman–Crippen LogP) is 2.80. The molecule has 19 heavy (non-hydrogen) atoms. The van der Waals surface area contributed by atoms with Gasteiger partial charge in [-0.05, 0) is 45.7 Å². The number of pyridine rings is 1. The number of hydrogen-bond acceptors (Lipinski definition) is 4. The van der Waals surface area contributed by atoms with Crippen molar-refractivity contribution in [3.05, 3.63) is 29.6 Å². The lowest BCUT2D eigenvalue weighted by Gasteiger charge is -2.22. The molecule has 0 spiro atoms. The van der Waals surface area contributed by atoms with Gasteiger partial charge >= 0.3 is 5.97 Å². The van der Waals surface area contributed by atoms with Gasteiger partial charge in [-0.2, -0.15) is 0 Å². The SMILES string of the molecule is CCc1cnccc1C(=O)C(C)C(=O)OC(C)(C)C. The summed E-state index contributed by atoms with van der Waals surface area (Å²) in [5, 5.41) is 0. The fraction of sp³-hybridized carbons (Fsp3) is 0.533. The van der Waals surface area contributed by atoms with Crippen LogP contribution in [0.15, 0.2) is 18.5 Å². The highest BCUT2D eigenvalue weighted by molar-refractivity contribution is 6.09. The van der Waals surface area contributed by atoms with Crippen molar-refractivity contribution < 1.29 is 14.3 Å². The summed E-state index contributed by atoms with van der Waals surface area (Å²) in [5.74, 6) is -1.50. The van der Waals surface area contributed by atoms with E-state index in [1.54, 1.807) is 46.2 Å². The molecule has 1 aromatic rings. The maximum absolute atomic E-state index is 12.3. The molecule has 1 unspecified atom stereocenters. The molecule has 0 bridgehead atoms. The van der Waals surface area contributed by atoms with Crippen molar-refractivity contribution in [2.75, 3.05) is 0 Å². The molecule has 0 aliphatic heterocycles. The molecule has 0 radical (unpaired) electrons. The van der Waals surface area contributed by atoms with Crippen LogP contribution in [0.2, 0.25) is 0 Å². The molecule has 0 saturated carbocycles. The highest BCUT2D eigenvalue weighted by atomic mass is 16.6. The van der Waals surface area contributed by atoms with E-state index in [-0.39, 0.29) is 5.78 Å². The summed E-state index contributed by atoms with van der Waals surface area (Å²) >= 11 is 0. The van der Waals surface area contributed by atoms with Gasteiger partial charge in [0, 0.05) is 18.0 Å². The molecule has 0 saturated heterocycles. The number of ketones is 1. The van der Waals surface area contributed by atoms with E-state index >= 15 is 0 Å². The van der Waals surface area contributed by atoms with Crippen LogP contribution in [-0.4, -0.2) is 22.3 Å². The van der Waals surface area contributed by atoms with Crippen LogP contribution in [0, 0.1) is 5.92 Å². The summed E-state index contributed by atoms with van der Waals surface area (Å²) < 4.78 is 5.24. The van der Waals surface area contributed by atoms with Crippen LogP contribution in [0.1, 0.15) is 50.5 Å². The van der Waals surface area contributed by atoms with Crippen LogP contribution in [0.3, 0.4) is 0 Å². The van der Waals surface area contributed by atoms with Crippen LogP contribution in [0.25, 0.3) is 0 Å². The number of carbonyl (C=O) groups excluding carboxylic acids is 2. The van der Waals surface area contributed by atoms with E-state index in [1.165, 1.54) is 0 Å². The Hall–Kier alpha value is -1.71. The van der Waals surface area contributed by atoms with E-state index in [2.05, 4.69) is 4.98 Å². The third-order valence-electron chi connectivity index (χ3n) is 2.70. The third-order valence-corrected chi connectivity index (χ3v) is 2.70. The van der Waals surface area contributed by atoms with Crippen molar-refractivity contribution in [2.24, 2.45) is 5.92 Å². The maximum Gasteiger partial charge on any atom is 0.317 e. The molecule has 4 nitrogen and oxygen atoms in total. The van der Waals surface area contributed by atoms with E-state index in [0.29, 0.717) is 12.0 Å². The Kier molecular flexibility index (Phi) is 4.81. The van der Waals surface area contributed by atoms with Gasteiger partial charge in [-0.3, -0.25) is 14.6 Å². The van der Waals surface area contributed by atoms with Gasteiger partial charge in [-0.25, -0.2) is 0 Å². The predicted molar refractivity (Wildman–Crippen MR) is 73.0 cm³/mol. The van der Waals surface area contributed by atoms with Gasteiger partial charge in [-0.1, -0.05) is 6.92 Å². The van der Waals surface area contributed by atoms with Gasteiger partial charge in [0.2, 0.25) is 0 Å². The molecule has 4 heteroatoms. The van der Waals surface area contributed by atoms with Crippen LogP contribution in [0.4, 0.5) is 0 Å². The van der Waals surface area contributed by atoms with Crippen LogP contribution in [-0.2, 0) is 16.0 Å². The number of aromatic nitrogens is 1. The zero-order valence-electron chi connectivity index (χ0n) is 12.2. The molecule has 104 valence electrons. The number of esters is 1. The van der Waals surface area contributed by atoms with Gasteiger partial charge in [0.25, 0.3) is 0 Å². The van der Waals surface area contributed by atoms with Gasteiger partial charge in [0.05, 0.1) is 0 Å². The van der Waals surface area contributed by atoms with Crippen molar-refractivity contribution in [3.63, 3.8) is 0 Å². The summed E-state index contributed by atoms with van der Waals surface area (Å²) in [4.78, 5) is 28.2. The Morgan fingerprint density at radius 2 is 2.00 bits per heavy atom. The highest BCUT2D eigenvalue weighted by Gasteiger charge is 2.28. The van der Waals surface area contributed by atoms with Crippen LogP contribution >= 0.6 is 0 Å². The lowest BCUT2D eigenvalue weighted by molar-refractivity contribution is -0.157. The molecular formula is C15H21NO3. The Labute approximate surface area is 114 Å². The fourth-order valence-electron chi connectivity index (χ4n) is 1.68. The Bertz CT molecular complexity index is 475. The first-order chi connectivity index (χ1) is 8.76. The summed E-state index contributed by atoms with van der Waals surface area (Å²) in [5.41, 5.74) is 0.816. The molecule has 0 amide bonds. The largest absolute Gasteiger partial charge is 0.459 e. The minimum Gasteiger partial charge on any atom is -0.459 e. The molecular weight excluding hydrogens is 242 g/mol. The van der Waals surface area contributed by atoms with E-state index in [4.69, 9.17) is 4.74 Å². The first-order valence-electron chi connectivity index (χ1n) is 6.46. The summed E-state index contributed by atoms with van der Waals surface area (Å²) in [7, 11) is 0. The second-order valence-corrected chi connectivity index (χ2v) is 5.51. The number of hydrogen-bond donors (Lipinski definition) is 0. The first-order valence-corrected chi connectivity index (χ1v) is 6.46. The molecule has 0 fully saturated rings. The van der Waals surface area contributed by atoms with Gasteiger partial charge < -0.3 is 4.74 Å². The van der Waals surface area contributed by atoms with E-state index < -0.39 is 17.5 Å². The monoisotopic (exact) mass is 263 g/mol. The van der Waals surface area contributed by atoms with Crippen molar-refractivity contribution in [1.82, 2.24) is 4.98 Å². The standard InChI is InChI=1S/C15H21NO3/c1-6-11-9-16-8-7-12(11)13(17)10(2)14(18)19-15(3,4)5/h7-10H,6H2,1-5H3. The molecule has 1 heterocycles. The molecule has 0 aromatic carbocycles. The van der Waals surface area contributed by atoms with Crippen LogP contribution < -0.4 is 0 Å². The lowest BCUT2D eigenvalue weighted by Crippen LogP contribution is -2.31. The van der Waals surface area contributed by atoms with Crippen molar-refractivity contribution >= 4 is 11.8 Å². The number of carbonyl (C=O) groups is 2. The number of aryl methyl sites for hydroxylation is 1. The number of Topliss-reactive ketones (excluding diaryl/α,β-unsaturated/α-hetero) is 1. The molecule has 1 atom stereocenters. The molecule has 0 aliphatic carbocycles. The Morgan fingerprint density at radius 1 is 1.37 bits per heavy atom. The molecule has 1 aromatic heterocycles.